The highest BCUT2D eigenvalue weighted by Crippen LogP contribution is 2.24. The third kappa shape index (κ3) is 5.93. The number of ether oxygens (including phenoxy) is 1. The number of nitro benzene ring substituents is 1. The van der Waals surface area contributed by atoms with Gasteiger partial charge in [0.15, 0.2) is 9.84 Å². The Kier molecular flexibility index (Phi) is 7.14. The van der Waals surface area contributed by atoms with E-state index in [0.29, 0.717) is 50.1 Å². The molecule has 2 aromatic carbocycles. The predicted octanol–water partition coefficient (Wildman–Crippen LogP) is 2.49. The molecule has 0 bridgehead atoms. The van der Waals surface area contributed by atoms with E-state index < -0.39 is 26.4 Å². The number of amides is 1. The molecule has 0 atom stereocenters. The van der Waals surface area contributed by atoms with Gasteiger partial charge < -0.3 is 9.64 Å². The molecule has 9 nitrogen and oxygen atoms in total. The molecule has 1 amide bonds. The molecule has 0 aliphatic carbocycles. The van der Waals surface area contributed by atoms with Crippen molar-refractivity contribution >= 4 is 33.0 Å². The maximum Gasteiger partial charge on any atom is 0.271 e. The minimum absolute atomic E-state index is 0.00914. The SMILES string of the molecule is CS(=O)(=O)c1cc(C(=O)N2CCN(CCOc3ccccc3Cl)CC2)cc([N+](=O)[O-])c1. The Morgan fingerprint density at radius 1 is 1.16 bits per heavy atom. The quantitative estimate of drug-likeness (QED) is 0.454. The average molecular weight is 468 g/mol. The number of benzene rings is 2. The molecular weight excluding hydrogens is 446 g/mol. The Morgan fingerprint density at radius 2 is 1.84 bits per heavy atom. The van der Waals surface area contributed by atoms with Gasteiger partial charge in [0, 0.05) is 56.7 Å². The molecule has 1 aliphatic heterocycles. The standard InChI is InChI=1S/C20H22ClN3O6S/c1-31(28,29)17-13-15(12-16(14-17)24(26)27)20(25)23-8-6-22(7-9-23)10-11-30-19-5-3-2-4-18(19)21/h2-5,12-14H,6-11H2,1H3. The van der Waals surface area contributed by atoms with Crippen molar-refractivity contribution in [2.75, 3.05) is 45.6 Å². The van der Waals surface area contributed by atoms with Crippen LogP contribution in [0.1, 0.15) is 10.4 Å². The van der Waals surface area contributed by atoms with Crippen LogP contribution in [0.2, 0.25) is 5.02 Å². The number of nitrogens with zero attached hydrogens (tertiary/aromatic N) is 3. The first kappa shape index (κ1) is 23.0. The number of hydrogen-bond donors (Lipinski definition) is 0. The molecule has 0 unspecified atom stereocenters. The Labute approximate surface area is 185 Å². The second kappa shape index (κ2) is 9.63. The summed E-state index contributed by atoms with van der Waals surface area (Å²) in [6.07, 6.45) is 0.948. The van der Waals surface area contributed by atoms with Crippen LogP contribution in [0, 0.1) is 10.1 Å². The normalized spacial score (nSPS) is 15.0. The van der Waals surface area contributed by atoms with Gasteiger partial charge in [-0.25, -0.2) is 8.42 Å². The van der Waals surface area contributed by atoms with Crippen LogP contribution in [0.5, 0.6) is 5.75 Å². The average Bonchev–Trinajstić information content (AvgIpc) is 2.74. The molecule has 1 saturated heterocycles. The molecule has 166 valence electrons. The number of non-ortho nitro benzene ring substituents is 1. The Balaban J connectivity index is 1.59. The third-order valence-corrected chi connectivity index (χ3v) is 6.34. The maximum atomic E-state index is 12.8. The van der Waals surface area contributed by atoms with Crippen LogP contribution in [0.15, 0.2) is 47.4 Å². The van der Waals surface area contributed by atoms with Gasteiger partial charge in [-0.1, -0.05) is 23.7 Å². The highest BCUT2D eigenvalue weighted by atomic mass is 35.5. The second-order valence-electron chi connectivity index (χ2n) is 7.16. The molecule has 1 aliphatic rings. The van der Waals surface area contributed by atoms with Crippen molar-refractivity contribution < 1.29 is 22.9 Å². The Bertz CT molecular complexity index is 1080. The van der Waals surface area contributed by atoms with Crippen LogP contribution in [0.3, 0.4) is 0 Å². The lowest BCUT2D eigenvalue weighted by Crippen LogP contribution is -2.49. The summed E-state index contributed by atoms with van der Waals surface area (Å²) < 4.78 is 29.4. The number of halogens is 1. The van der Waals surface area contributed by atoms with Crippen molar-refractivity contribution in [3.05, 3.63) is 63.2 Å². The fourth-order valence-corrected chi connectivity index (χ4v) is 4.10. The van der Waals surface area contributed by atoms with E-state index in [1.165, 1.54) is 6.07 Å². The number of sulfone groups is 1. The van der Waals surface area contributed by atoms with Crippen molar-refractivity contribution in [3.63, 3.8) is 0 Å². The summed E-state index contributed by atoms with van der Waals surface area (Å²) in [5.74, 6) is 0.186. The van der Waals surface area contributed by atoms with Crippen molar-refractivity contribution in [2.45, 2.75) is 4.90 Å². The summed E-state index contributed by atoms with van der Waals surface area (Å²) in [5, 5.41) is 11.7. The fraction of sp³-hybridized carbons (Fsp3) is 0.350. The molecule has 31 heavy (non-hydrogen) atoms. The summed E-state index contributed by atoms with van der Waals surface area (Å²) in [5.41, 5.74) is -0.438. The van der Waals surface area contributed by atoms with E-state index in [2.05, 4.69) is 4.90 Å². The number of rotatable bonds is 7. The molecule has 0 N–H and O–H groups in total. The molecular formula is C20H22ClN3O6S. The lowest BCUT2D eigenvalue weighted by atomic mass is 10.1. The van der Waals surface area contributed by atoms with Gasteiger partial charge in [0.2, 0.25) is 0 Å². The summed E-state index contributed by atoms with van der Waals surface area (Å²) in [6.45, 7) is 3.14. The summed E-state index contributed by atoms with van der Waals surface area (Å²) >= 11 is 6.07. The molecule has 0 radical (unpaired) electrons. The van der Waals surface area contributed by atoms with E-state index >= 15 is 0 Å². The van der Waals surface area contributed by atoms with Gasteiger partial charge in [-0.15, -0.1) is 0 Å². The number of para-hydroxylation sites is 1. The van der Waals surface area contributed by atoms with Crippen LogP contribution in [-0.4, -0.2) is 74.6 Å². The zero-order valence-electron chi connectivity index (χ0n) is 16.9. The monoisotopic (exact) mass is 467 g/mol. The van der Waals surface area contributed by atoms with Crippen LogP contribution in [0.4, 0.5) is 5.69 Å². The van der Waals surface area contributed by atoms with E-state index in [1.54, 1.807) is 17.0 Å². The first-order valence-electron chi connectivity index (χ1n) is 9.53. The lowest BCUT2D eigenvalue weighted by Gasteiger charge is -2.34. The zero-order valence-corrected chi connectivity index (χ0v) is 18.4. The van der Waals surface area contributed by atoms with Gasteiger partial charge >= 0.3 is 0 Å². The Morgan fingerprint density at radius 3 is 2.45 bits per heavy atom. The number of hydrogen-bond acceptors (Lipinski definition) is 7. The smallest absolute Gasteiger partial charge is 0.271 e. The molecule has 11 heteroatoms. The van der Waals surface area contributed by atoms with E-state index in [1.807, 2.05) is 12.1 Å². The fourth-order valence-electron chi connectivity index (χ4n) is 3.23. The van der Waals surface area contributed by atoms with Crippen molar-refractivity contribution in [1.29, 1.82) is 0 Å². The van der Waals surface area contributed by atoms with Gasteiger partial charge in [-0.3, -0.25) is 19.8 Å². The molecule has 1 heterocycles. The van der Waals surface area contributed by atoms with E-state index in [4.69, 9.17) is 16.3 Å². The van der Waals surface area contributed by atoms with E-state index in [9.17, 15) is 23.3 Å². The van der Waals surface area contributed by atoms with Gasteiger partial charge in [0.05, 0.1) is 14.8 Å². The van der Waals surface area contributed by atoms with E-state index in [-0.39, 0.29) is 10.5 Å². The minimum atomic E-state index is -3.70. The van der Waals surface area contributed by atoms with Crippen molar-refractivity contribution in [1.82, 2.24) is 9.80 Å². The Hall–Kier alpha value is -2.69. The van der Waals surface area contributed by atoms with Gasteiger partial charge in [0.25, 0.3) is 11.6 Å². The number of nitro groups is 1. The van der Waals surface area contributed by atoms with Gasteiger partial charge in [-0.05, 0) is 18.2 Å². The van der Waals surface area contributed by atoms with Gasteiger partial charge in [-0.2, -0.15) is 0 Å². The predicted molar refractivity (Wildman–Crippen MR) is 115 cm³/mol. The van der Waals surface area contributed by atoms with Crippen LogP contribution in [-0.2, 0) is 9.84 Å². The summed E-state index contributed by atoms with van der Waals surface area (Å²) in [4.78, 5) is 26.8. The topological polar surface area (TPSA) is 110 Å². The molecule has 1 fully saturated rings. The molecule has 3 rings (SSSR count). The molecule has 0 aromatic heterocycles. The lowest BCUT2D eigenvalue weighted by molar-refractivity contribution is -0.385. The highest BCUT2D eigenvalue weighted by molar-refractivity contribution is 7.90. The summed E-state index contributed by atoms with van der Waals surface area (Å²) in [7, 11) is -3.70. The van der Waals surface area contributed by atoms with Crippen LogP contribution >= 0.6 is 11.6 Å². The second-order valence-corrected chi connectivity index (χ2v) is 9.58. The highest BCUT2D eigenvalue weighted by Gasteiger charge is 2.25. The van der Waals surface area contributed by atoms with E-state index in [0.717, 1.165) is 18.4 Å². The number of piperazine rings is 1. The van der Waals surface area contributed by atoms with Gasteiger partial charge in [0.1, 0.15) is 12.4 Å². The first-order chi connectivity index (χ1) is 14.6. The minimum Gasteiger partial charge on any atom is -0.491 e. The third-order valence-electron chi connectivity index (χ3n) is 4.94. The number of carbonyl (C=O) groups excluding carboxylic acids is 1. The van der Waals surface area contributed by atoms with Crippen LogP contribution in [0.25, 0.3) is 0 Å². The summed E-state index contributed by atoms with van der Waals surface area (Å²) in [6, 6.07) is 10.5. The first-order valence-corrected chi connectivity index (χ1v) is 11.8. The zero-order chi connectivity index (χ0) is 22.6. The number of carbonyl (C=O) groups is 1. The largest absolute Gasteiger partial charge is 0.491 e. The molecule has 2 aromatic rings. The molecule has 0 saturated carbocycles. The van der Waals surface area contributed by atoms with Crippen molar-refractivity contribution in [3.8, 4) is 5.75 Å². The van der Waals surface area contributed by atoms with Crippen LogP contribution < -0.4 is 4.74 Å². The molecule has 0 spiro atoms. The van der Waals surface area contributed by atoms with Crippen molar-refractivity contribution in [2.24, 2.45) is 0 Å². The maximum absolute atomic E-state index is 12.8.